The molecule has 8 nitrogen and oxygen atoms in total. The van der Waals surface area contributed by atoms with Crippen molar-refractivity contribution < 1.29 is 19.1 Å². The molecule has 5 rings (SSSR count). The van der Waals surface area contributed by atoms with Crippen LogP contribution in [0.4, 0.5) is 0 Å². The van der Waals surface area contributed by atoms with E-state index in [1.165, 1.54) is 0 Å². The van der Waals surface area contributed by atoms with Crippen LogP contribution in [0.5, 0.6) is 5.75 Å². The Hall–Kier alpha value is -3.94. The molecule has 0 aliphatic carbocycles. The van der Waals surface area contributed by atoms with Gasteiger partial charge in [-0.05, 0) is 50.2 Å². The smallest absolute Gasteiger partial charge is 0.253 e. The highest BCUT2D eigenvalue weighted by molar-refractivity contribution is 6.04. The number of aromatic nitrogens is 2. The van der Waals surface area contributed by atoms with Crippen molar-refractivity contribution in [2.45, 2.75) is 44.8 Å². The number of aromatic amines is 1. The number of hydrogen-bond acceptors (Lipinski definition) is 5. The summed E-state index contributed by atoms with van der Waals surface area (Å²) >= 11 is 0. The number of carbonyl (C=O) groups excluding carboxylic acids is 3. The summed E-state index contributed by atoms with van der Waals surface area (Å²) in [6.45, 7) is 4.79. The van der Waals surface area contributed by atoms with Crippen LogP contribution in [0.15, 0.2) is 54.7 Å². The van der Waals surface area contributed by atoms with E-state index in [1.54, 1.807) is 24.4 Å². The van der Waals surface area contributed by atoms with Crippen molar-refractivity contribution in [3.05, 3.63) is 71.4 Å². The molecule has 3 aromatic rings. The second kappa shape index (κ2) is 9.02. The van der Waals surface area contributed by atoms with Crippen LogP contribution in [0, 0.1) is 0 Å². The predicted molar refractivity (Wildman–Crippen MR) is 131 cm³/mol. The Bertz CT molecular complexity index is 1270. The number of fused-ring (bicyclic) bond motifs is 1. The summed E-state index contributed by atoms with van der Waals surface area (Å²) in [5.41, 5.74) is 2.54. The molecular weight excluding hydrogens is 444 g/mol. The van der Waals surface area contributed by atoms with Gasteiger partial charge in [0.15, 0.2) is 5.78 Å². The van der Waals surface area contributed by atoms with Crippen molar-refractivity contribution in [1.82, 2.24) is 20.4 Å². The van der Waals surface area contributed by atoms with Gasteiger partial charge in [0, 0.05) is 54.9 Å². The van der Waals surface area contributed by atoms with Gasteiger partial charge in [-0.25, -0.2) is 0 Å². The highest BCUT2D eigenvalue weighted by atomic mass is 16.5. The third-order valence-corrected chi connectivity index (χ3v) is 6.64. The average Bonchev–Trinajstić information content (AvgIpc) is 3.39. The Morgan fingerprint density at radius 3 is 2.60 bits per heavy atom. The Morgan fingerprint density at radius 1 is 1.09 bits per heavy atom. The number of H-pyrrole nitrogens is 1. The third-order valence-electron chi connectivity index (χ3n) is 6.64. The van der Waals surface area contributed by atoms with Crippen LogP contribution in [0.2, 0.25) is 0 Å². The van der Waals surface area contributed by atoms with Crippen LogP contribution >= 0.6 is 0 Å². The van der Waals surface area contributed by atoms with E-state index in [2.05, 4.69) is 15.5 Å². The van der Waals surface area contributed by atoms with E-state index in [4.69, 9.17) is 4.74 Å². The number of nitrogens with one attached hydrogen (secondary N) is 2. The lowest BCUT2D eigenvalue weighted by Crippen LogP contribution is -2.52. The number of amides is 2. The maximum Gasteiger partial charge on any atom is 0.253 e. The number of hydrogen-bond donors (Lipinski definition) is 2. The lowest BCUT2D eigenvalue weighted by Gasteiger charge is -2.44. The maximum atomic E-state index is 13.2. The second-order valence-electron chi connectivity index (χ2n) is 9.56. The summed E-state index contributed by atoms with van der Waals surface area (Å²) in [6, 6.07) is 14.3. The fourth-order valence-electron chi connectivity index (χ4n) is 4.79. The van der Waals surface area contributed by atoms with Gasteiger partial charge < -0.3 is 15.0 Å². The minimum absolute atomic E-state index is 0.00873. The first-order valence-electron chi connectivity index (χ1n) is 11.9. The number of likely N-dealkylation sites (tertiary alicyclic amines) is 1. The SMILES string of the molecule is CC(C)NC(=O)c1ccc2c(c1)C(=O)CC1(CCN(C(=O)c3cccc(-c4cc[nH]n4)c3)CC1)O2. The number of ether oxygens (including phenoxy) is 1. The van der Waals surface area contributed by atoms with Crippen LogP contribution in [-0.4, -0.2) is 57.4 Å². The first-order valence-corrected chi connectivity index (χ1v) is 11.9. The predicted octanol–water partition coefficient (Wildman–Crippen LogP) is 3.86. The van der Waals surface area contributed by atoms with Crippen LogP contribution < -0.4 is 10.1 Å². The number of carbonyl (C=O) groups is 3. The zero-order chi connectivity index (χ0) is 24.6. The summed E-state index contributed by atoms with van der Waals surface area (Å²) in [4.78, 5) is 40.4. The average molecular weight is 473 g/mol. The van der Waals surface area contributed by atoms with Gasteiger partial charge in [0.1, 0.15) is 11.4 Å². The van der Waals surface area contributed by atoms with Gasteiger partial charge in [-0.1, -0.05) is 12.1 Å². The molecule has 2 N–H and O–H groups in total. The molecule has 1 aromatic heterocycles. The highest BCUT2D eigenvalue weighted by Gasteiger charge is 2.44. The van der Waals surface area contributed by atoms with Crippen molar-refractivity contribution in [3.8, 4) is 17.0 Å². The molecule has 0 saturated carbocycles. The standard InChI is InChI=1S/C27H28N4O4/c1-17(2)29-25(33)19-6-7-24-21(15-19)23(32)16-27(35-24)9-12-31(13-10-27)26(34)20-5-3-4-18(14-20)22-8-11-28-30-22/h3-8,11,14-15,17H,9-10,12-13,16H2,1-2H3,(H,28,30)(H,29,33). The van der Waals surface area contributed by atoms with E-state index in [-0.39, 0.29) is 30.1 Å². The minimum Gasteiger partial charge on any atom is -0.486 e. The van der Waals surface area contributed by atoms with Crippen LogP contribution in [0.3, 0.4) is 0 Å². The van der Waals surface area contributed by atoms with Gasteiger partial charge in [0.25, 0.3) is 11.8 Å². The molecule has 35 heavy (non-hydrogen) atoms. The molecule has 2 amide bonds. The van der Waals surface area contributed by atoms with Gasteiger partial charge in [0.05, 0.1) is 17.7 Å². The number of rotatable bonds is 4. The van der Waals surface area contributed by atoms with Crippen molar-refractivity contribution in [1.29, 1.82) is 0 Å². The summed E-state index contributed by atoms with van der Waals surface area (Å²) in [5.74, 6) is 0.227. The molecule has 0 atom stereocenters. The molecule has 1 spiro atoms. The Morgan fingerprint density at radius 2 is 1.89 bits per heavy atom. The molecule has 2 aliphatic heterocycles. The van der Waals surface area contributed by atoms with E-state index in [0.717, 1.165) is 11.3 Å². The van der Waals surface area contributed by atoms with E-state index < -0.39 is 5.60 Å². The number of ketones is 1. The number of nitrogens with zero attached hydrogens (tertiary/aromatic N) is 2. The van der Waals surface area contributed by atoms with Gasteiger partial charge in [0.2, 0.25) is 0 Å². The Balaban J connectivity index is 1.27. The molecule has 0 unspecified atom stereocenters. The van der Waals surface area contributed by atoms with Gasteiger partial charge in [-0.3, -0.25) is 19.5 Å². The lowest BCUT2D eigenvalue weighted by atomic mass is 9.82. The van der Waals surface area contributed by atoms with E-state index in [1.807, 2.05) is 49.1 Å². The summed E-state index contributed by atoms with van der Waals surface area (Å²) in [6.07, 6.45) is 3.13. The quantitative estimate of drug-likeness (QED) is 0.600. The fourth-order valence-corrected chi connectivity index (χ4v) is 4.79. The summed E-state index contributed by atoms with van der Waals surface area (Å²) in [7, 11) is 0. The molecule has 1 saturated heterocycles. The molecule has 0 radical (unpaired) electrons. The van der Waals surface area contributed by atoms with Crippen LogP contribution in [0.1, 0.15) is 64.2 Å². The normalized spacial score (nSPS) is 16.7. The Labute approximate surface area is 203 Å². The highest BCUT2D eigenvalue weighted by Crippen LogP contribution is 2.40. The van der Waals surface area contributed by atoms with Gasteiger partial charge in [-0.2, -0.15) is 5.10 Å². The first kappa shape index (κ1) is 22.8. The van der Waals surface area contributed by atoms with Crippen molar-refractivity contribution >= 4 is 17.6 Å². The Kier molecular flexibility index (Phi) is 5.88. The minimum atomic E-state index is -0.626. The molecule has 1 fully saturated rings. The molecule has 0 bridgehead atoms. The molecule has 8 heteroatoms. The summed E-state index contributed by atoms with van der Waals surface area (Å²) < 4.78 is 6.35. The molecular formula is C27H28N4O4. The number of benzene rings is 2. The van der Waals surface area contributed by atoms with E-state index in [9.17, 15) is 14.4 Å². The van der Waals surface area contributed by atoms with Crippen molar-refractivity contribution in [2.24, 2.45) is 0 Å². The molecule has 180 valence electrons. The number of piperidine rings is 1. The van der Waals surface area contributed by atoms with E-state index >= 15 is 0 Å². The first-order chi connectivity index (χ1) is 16.8. The zero-order valence-electron chi connectivity index (χ0n) is 19.8. The molecule has 2 aromatic carbocycles. The summed E-state index contributed by atoms with van der Waals surface area (Å²) in [5, 5.41) is 9.83. The number of Topliss-reactive ketones (excluding diaryl/α,β-unsaturated/α-hetero) is 1. The van der Waals surface area contributed by atoms with Crippen LogP contribution in [0.25, 0.3) is 11.3 Å². The van der Waals surface area contributed by atoms with Crippen molar-refractivity contribution in [2.75, 3.05) is 13.1 Å². The van der Waals surface area contributed by atoms with Crippen LogP contribution in [-0.2, 0) is 0 Å². The maximum absolute atomic E-state index is 13.2. The molecule has 2 aliphatic rings. The van der Waals surface area contributed by atoms with E-state index in [0.29, 0.717) is 48.4 Å². The van der Waals surface area contributed by atoms with Gasteiger partial charge >= 0.3 is 0 Å². The topological polar surface area (TPSA) is 104 Å². The fraction of sp³-hybridized carbons (Fsp3) is 0.333. The second-order valence-corrected chi connectivity index (χ2v) is 9.56. The largest absolute Gasteiger partial charge is 0.486 e. The zero-order valence-corrected chi connectivity index (χ0v) is 19.8. The van der Waals surface area contributed by atoms with Gasteiger partial charge in [-0.15, -0.1) is 0 Å². The van der Waals surface area contributed by atoms with Crippen molar-refractivity contribution in [3.63, 3.8) is 0 Å². The monoisotopic (exact) mass is 472 g/mol. The lowest BCUT2D eigenvalue weighted by molar-refractivity contribution is -0.00571. The molecule has 3 heterocycles. The third kappa shape index (κ3) is 4.56.